The largest absolute Gasteiger partial charge is 0.342 e. The Balaban J connectivity index is 1.91. The van der Waals surface area contributed by atoms with Crippen molar-refractivity contribution in [2.24, 2.45) is 0 Å². The van der Waals surface area contributed by atoms with Crippen molar-refractivity contribution in [1.82, 2.24) is 15.0 Å². The molecule has 5 heteroatoms. The number of nitrogens with zero attached hydrogens (tertiary/aromatic N) is 3. The molecule has 1 N–H and O–H groups in total. The second kappa shape index (κ2) is 4.58. The number of aromatic amines is 1. The Morgan fingerprint density at radius 3 is 2.75 bits per heavy atom. The molecule has 1 saturated heterocycles. The number of pyridine rings is 1. The normalized spacial score (nSPS) is 18.5. The second-order valence-corrected chi connectivity index (χ2v) is 5.75. The molecule has 1 aliphatic heterocycles. The zero-order chi connectivity index (χ0) is 13.5. The van der Waals surface area contributed by atoms with Crippen molar-refractivity contribution in [1.29, 1.82) is 0 Å². The molecule has 2 aromatic heterocycles. The number of aryl methyl sites for hydroxylation is 2. The molecule has 0 atom stereocenters. The molecule has 0 bridgehead atoms. The van der Waals surface area contributed by atoms with Crippen LogP contribution in [0.2, 0.25) is 0 Å². The molecule has 0 aromatic carbocycles. The van der Waals surface area contributed by atoms with Crippen LogP contribution in [-0.4, -0.2) is 28.0 Å². The van der Waals surface area contributed by atoms with E-state index in [-0.39, 0.29) is 5.56 Å². The highest BCUT2D eigenvalue weighted by molar-refractivity contribution is 5.80. The highest BCUT2D eigenvalue weighted by atomic mass is 16.1. The SMILES string of the molecule is O=c1[nH]c(N2CCCC2)nc2ncc3c(c12)CCCC3. The van der Waals surface area contributed by atoms with Gasteiger partial charge in [0, 0.05) is 19.3 Å². The number of H-pyrrole nitrogens is 1. The van der Waals surface area contributed by atoms with Crippen LogP contribution in [0.5, 0.6) is 0 Å². The minimum absolute atomic E-state index is 0.0249. The predicted molar refractivity (Wildman–Crippen MR) is 78.2 cm³/mol. The lowest BCUT2D eigenvalue weighted by molar-refractivity contribution is 0.686. The summed E-state index contributed by atoms with van der Waals surface area (Å²) in [4.78, 5) is 26.6. The van der Waals surface area contributed by atoms with Crippen LogP contribution in [0, 0.1) is 0 Å². The molecule has 1 fully saturated rings. The van der Waals surface area contributed by atoms with E-state index in [2.05, 4.69) is 19.9 Å². The minimum atomic E-state index is -0.0249. The molecule has 3 heterocycles. The lowest BCUT2D eigenvalue weighted by Gasteiger charge is -2.19. The third-order valence-electron chi connectivity index (χ3n) is 4.45. The van der Waals surface area contributed by atoms with Crippen molar-refractivity contribution in [3.05, 3.63) is 27.7 Å². The summed E-state index contributed by atoms with van der Waals surface area (Å²) < 4.78 is 0. The average Bonchev–Trinajstić information content (AvgIpc) is 3.01. The fraction of sp³-hybridized carbons (Fsp3) is 0.533. The van der Waals surface area contributed by atoms with Crippen molar-refractivity contribution in [3.8, 4) is 0 Å². The number of fused-ring (bicyclic) bond motifs is 3. The fourth-order valence-electron chi connectivity index (χ4n) is 3.39. The molecular weight excluding hydrogens is 252 g/mol. The predicted octanol–water partition coefficient (Wildman–Crippen LogP) is 1.80. The van der Waals surface area contributed by atoms with Crippen molar-refractivity contribution in [2.75, 3.05) is 18.0 Å². The van der Waals surface area contributed by atoms with Crippen LogP contribution in [0.3, 0.4) is 0 Å². The van der Waals surface area contributed by atoms with Gasteiger partial charge in [0.05, 0.1) is 5.39 Å². The highest BCUT2D eigenvalue weighted by Crippen LogP contribution is 2.25. The van der Waals surface area contributed by atoms with Gasteiger partial charge in [-0.1, -0.05) is 0 Å². The number of hydrogen-bond acceptors (Lipinski definition) is 4. The zero-order valence-electron chi connectivity index (χ0n) is 11.5. The molecule has 104 valence electrons. The monoisotopic (exact) mass is 270 g/mol. The Morgan fingerprint density at radius 1 is 1.10 bits per heavy atom. The Hall–Kier alpha value is -1.91. The topological polar surface area (TPSA) is 61.9 Å². The van der Waals surface area contributed by atoms with Gasteiger partial charge in [0.1, 0.15) is 0 Å². The standard InChI is InChI=1S/C15H18N4O/c20-14-12-11-6-2-1-5-10(11)9-16-13(12)17-15(18-14)19-7-3-4-8-19/h9H,1-8H2,(H,16,17,18,20). The van der Waals surface area contributed by atoms with Gasteiger partial charge in [-0.3, -0.25) is 9.78 Å². The van der Waals surface area contributed by atoms with Crippen LogP contribution in [0.1, 0.15) is 36.8 Å². The number of hydrogen-bond donors (Lipinski definition) is 1. The fourth-order valence-corrected chi connectivity index (χ4v) is 3.39. The third-order valence-corrected chi connectivity index (χ3v) is 4.45. The first-order valence-corrected chi connectivity index (χ1v) is 7.48. The summed E-state index contributed by atoms with van der Waals surface area (Å²) in [5.74, 6) is 0.684. The van der Waals surface area contributed by atoms with Gasteiger partial charge in [0.25, 0.3) is 5.56 Å². The molecule has 1 aliphatic carbocycles. The average molecular weight is 270 g/mol. The van der Waals surface area contributed by atoms with E-state index >= 15 is 0 Å². The van der Waals surface area contributed by atoms with Gasteiger partial charge in [-0.2, -0.15) is 4.98 Å². The van der Waals surface area contributed by atoms with E-state index in [1.54, 1.807) is 0 Å². The van der Waals surface area contributed by atoms with Crippen molar-refractivity contribution in [3.63, 3.8) is 0 Å². The maximum Gasteiger partial charge on any atom is 0.262 e. The summed E-state index contributed by atoms with van der Waals surface area (Å²) in [6, 6.07) is 0. The molecule has 0 saturated carbocycles. The summed E-state index contributed by atoms with van der Waals surface area (Å²) in [5, 5.41) is 0.713. The molecule has 0 radical (unpaired) electrons. The van der Waals surface area contributed by atoms with Crippen LogP contribution in [-0.2, 0) is 12.8 Å². The summed E-state index contributed by atoms with van der Waals surface area (Å²) in [5.41, 5.74) is 2.98. The Morgan fingerprint density at radius 2 is 1.90 bits per heavy atom. The first-order chi connectivity index (χ1) is 9.83. The number of rotatable bonds is 1. The van der Waals surface area contributed by atoms with E-state index in [0.29, 0.717) is 17.0 Å². The number of nitrogens with one attached hydrogen (secondary N) is 1. The molecule has 4 rings (SSSR count). The lowest BCUT2D eigenvalue weighted by atomic mass is 9.91. The number of anilines is 1. The molecule has 0 unspecified atom stereocenters. The maximum atomic E-state index is 12.5. The van der Waals surface area contributed by atoms with Crippen LogP contribution in [0.4, 0.5) is 5.95 Å². The molecule has 2 aliphatic rings. The molecule has 0 spiro atoms. The Kier molecular flexibility index (Phi) is 2.72. The van der Waals surface area contributed by atoms with Crippen molar-refractivity contribution >= 4 is 17.0 Å². The van der Waals surface area contributed by atoms with Gasteiger partial charge in [-0.05, 0) is 49.7 Å². The van der Waals surface area contributed by atoms with Crippen molar-refractivity contribution < 1.29 is 0 Å². The smallest absolute Gasteiger partial charge is 0.262 e. The van der Waals surface area contributed by atoms with E-state index in [4.69, 9.17) is 0 Å². The summed E-state index contributed by atoms with van der Waals surface area (Å²) in [6.45, 7) is 1.94. The summed E-state index contributed by atoms with van der Waals surface area (Å²) >= 11 is 0. The lowest BCUT2D eigenvalue weighted by Crippen LogP contribution is -2.25. The Bertz CT molecular complexity index is 716. The van der Waals surface area contributed by atoms with Crippen LogP contribution in [0.15, 0.2) is 11.0 Å². The van der Waals surface area contributed by atoms with E-state index in [1.807, 2.05) is 6.20 Å². The molecule has 0 amide bonds. The zero-order valence-corrected chi connectivity index (χ0v) is 11.5. The van der Waals surface area contributed by atoms with E-state index < -0.39 is 0 Å². The highest BCUT2D eigenvalue weighted by Gasteiger charge is 2.20. The molecule has 5 nitrogen and oxygen atoms in total. The van der Waals surface area contributed by atoms with E-state index in [1.165, 1.54) is 30.4 Å². The Labute approximate surface area is 117 Å². The molecular formula is C15H18N4O. The third kappa shape index (κ3) is 1.80. The first kappa shape index (κ1) is 11.9. The van der Waals surface area contributed by atoms with Crippen LogP contribution in [0.25, 0.3) is 11.0 Å². The van der Waals surface area contributed by atoms with E-state index in [9.17, 15) is 4.79 Å². The van der Waals surface area contributed by atoms with Crippen molar-refractivity contribution in [2.45, 2.75) is 38.5 Å². The summed E-state index contributed by atoms with van der Waals surface area (Å²) in [7, 11) is 0. The maximum absolute atomic E-state index is 12.5. The summed E-state index contributed by atoms with van der Waals surface area (Å²) in [6.07, 6.45) is 8.60. The first-order valence-electron chi connectivity index (χ1n) is 7.48. The number of aromatic nitrogens is 3. The molecule has 2 aromatic rings. The van der Waals surface area contributed by atoms with Gasteiger partial charge < -0.3 is 4.90 Å². The quantitative estimate of drug-likeness (QED) is 0.858. The minimum Gasteiger partial charge on any atom is -0.342 e. The van der Waals surface area contributed by atoms with Gasteiger partial charge >= 0.3 is 0 Å². The van der Waals surface area contributed by atoms with Crippen LogP contribution >= 0.6 is 0 Å². The molecule has 20 heavy (non-hydrogen) atoms. The van der Waals surface area contributed by atoms with Gasteiger partial charge in [0.15, 0.2) is 5.65 Å². The van der Waals surface area contributed by atoms with Gasteiger partial charge in [-0.25, -0.2) is 4.98 Å². The van der Waals surface area contributed by atoms with Gasteiger partial charge in [0.2, 0.25) is 5.95 Å². The van der Waals surface area contributed by atoms with Crippen LogP contribution < -0.4 is 10.5 Å². The van der Waals surface area contributed by atoms with E-state index in [0.717, 1.165) is 32.4 Å². The van der Waals surface area contributed by atoms with Gasteiger partial charge in [-0.15, -0.1) is 0 Å². The second-order valence-electron chi connectivity index (χ2n) is 5.75.